The summed E-state index contributed by atoms with van der Waals surface area (Å²) in [5.41, 5.74) is 1.47. The molecule has 30 heavy (non-hydrogen) atoms. The maximum Gasteiger partial charge on any atom is 0.416 e. The molecule has 2 aromatic rings. The Hall–Kier alpha value is -3.42. The number of alkyl halides is 3. The van der Waals surface area contributed by atoms with Gasteiger partial charge in [0.15, 0.2) is 0 Å². The number of aryl methyl sites for hydroxylation is 1. The molecule has 1 amide bonds. The third-order valence-electron chi connectivity index (χ3n) is 4.83. The second-order valence-corrected chi connectivity index (χ2v) is 7.08. The van der Waals surface area contributed by atoms with Gasteiger partial charge in [-0.05, 0) is 56.2 Å². The van der Waals surface area contributed by atoms with Crippen LogP contribution in [0.15, 0.2) is 59.2 Å². The van der Waals surface area contributed by atoms with Gasteiger partial charge in [0, 0.05) is 11.3 Å². The molecule has 0 radical (unpaired) electrons. The van der Waals surface area contributed by atoms with E-state index >= 15 is 0 Å². The minimum Gasteiger partial charge on any atom is -0.478 e. The van der Waals surface area contributed by atoms with Gasteiger partial charge >= 0.3 is 12.1 Å². The van der Waals surface area contributed by atoms with Gasteiger partial charge in [0.1, 0.15) is 0 Å². The first-order chi connectivity index (χ1) is 14.1. The van der Waals surface area contributed by atoms with E-state index in [9.17, 15) is 27.9 Å². The SMILES string of the molecule is CC1=NN(c2ccc(C)cc2)C(=O)C1C/C(=C/c1ccc(C(F)(F)F)cc1)C(=O)O. The van der Waals surface area contributed by atoms with E-state index in [2.05, 4.69) is 5.10 Å². The minimum absolute atomic E-state index is 0.0894. The lowest BCUT2D eigenvalue weighted by atomic mass is 9.93. The molecule has 0 saturated carbocycles. The Bertz CT molecular complexity index is 1020. The van der Waals surface area contributed by atoms with Gasteiger partial charge in [-0.3, -0.25) is 4.79 Å². The quantitative estimate of drug-likeness (QED) is 0.704. The number of carbonyl (C=O) groups is 2. The molecule has 1 atom stereocenters. The fourth-order valence-electron chi connectivity index (χ4n) is 3.11. The highest BCUT2D eigenvalue weighted by molar-refractivity contribution is 6.15. The van der Waals surface area contributed by atoms with E-state index in [0.717, 1.165) is 17.7 Å². The van der Waals surface area contributed by atoms with Crippen molar-refractivity contribution in [1.82, 2.24) is 0 Å². The van der Waals surface area contributed by atoms with Crippen LogP contribution < -0.4 is 5.01 Å². The maximum atomic E-state index is 12.8. The highest BCUT2D eigenvalue weighted by Gasteiger charge is 2.36. The zero-order chi connectivity index (χ0) is 22.1. The molecule has 0 bridgehead atoms. The van der Waals surface area contributed by atoms with E-state index in [1.165, 1.54) is 23.2 Å². The Morgan fingerprint density at radius 3 is 2.23 bits per heavy atom. The fourth-order valence-corrected chi connectivity index (χ4v) is 3.11. The summed E-state index contributed by atoms with van der Waals surface area (Å²) in [6, 6.07) is 11.4. The van der Waals surface area contributed by atoms with Crippen molar-refractivity contribution < 1.29 is 27.9 Å². The predicted octanol–water partition coefficient (Wildman–Crippen LogP) is 4.91. The Morgan fingerprint density at radius 1 is 1.10 bits per heavy atom. The lowest BCUT2D eigenvalue weighted by molar-refractivity contribution is -0.137. The maximum absolute atomic E-state index is 12.8. The van der Waals surface area contributed by atoms with E-state index in [0.29, 0.717) is 17.0 Å². The first kappa shape index (κ1) is 21.3. The first-order valence-corrected chi connectivity index (χ1v) is 9.13. The van der Waals surface area contributed by atoms with Crippen LogP contribution in [-0.4, -0.2) is 22.7 Å². The fraction of sp³-hybridized carbons (Fsp3) is 0.227. The molecule has 1 aliphatic rings. The van der Waals surface area contributed by atoms with Crippen LogP contribution >= 0.6 is 0 Å². The predicted molar refractivity (Wildman–Crippen MR) is 107 cm³/mol. The smallest absolute Gasteiger partial charge is 0.416 e. The lowest BCUT2D eigenvalue weighted by Crippen LogP contribution is -2.28. The van der Waals surface area contributed by atoms with Crippen LogP contribution in [0.3, 0.4) is 0 Å². The monoisotopic (exact) mass is 416 g/mol. The lowest BCUT2D eigenvalue weighted by Gasteiger charge is -2.15. The number of nitrogens with zero attached hydrogens (tertiary/aromatic N) is 2. The van der Waals surface area contributed by atoms with Gasteiger partial charge in [-0.2, -0.15) is 18.3 Å². The van der Waals surface area contributed by atoms with Gasteiger partial charge in [0.05, 0.1) is 17.2 Å². The van der Waals surface area contributed by atoms with E-state index in [1.807, 2.05) is 19.1 Å². The van der Waals surface area contributed by atoms with Crippen LogP contribution in [-0.2, 0) is 15.8 Å². The van der Waals surface area contributed by atoms with Crippen LogP contribution in [0.1, 0.15) is 30.0 Å². The van der Waals surface area contributed by atoms with Gasteiger partial charge < -0.3 is 5.11 Å². The van der Waals surface area contributed by atoms with Gasteiger partial charge in [0.2, 0.25) is 0 Å². The number of amides is 1. The summed E-state index contributed by atoms with van der Waals surface area (Å²) in [5, 5.41) is 15.1. The summed E-state index contributed by atoms with van der Waals surface area (Å²) in [6.45, 7) is 3.56. The average molecular weight is 416 g/mol. The number of hydrogen-bond donors (Lipinski definition) is 1. The molecule has 3 rings (SSSR count). The van der Waals surface area contributed by atoms with Crippen LogP contribution in [0.2, 0.25) is 0 Å². The molecule has 8 heteroatoms. The van der Waals surface area contributed by atoms with Crippen molar-refractivity contribution in [2.75, 3.05) is 5.01 Å². The van der Waals surface area contributed by atoms with Crippen molar-refractivity contribution in [1.29, 1.82) is 0 Å². The van der Waals surface area contributed by atoms with Gasteiger partial charge in [0.25, 0.3) is 5.91 Å². The molecule has 0 spiro atoms. The summed E-state index contributed by atoms with van der Waals surface area (Å²) < 4.78 is 38.1. The van der Waals surface area contributed by atoms with E-state index in [4.69, 9.17) is 0 Å². The molecule has 0 saturated heterocycles. The number of rotatable bonds is 5. The molecule has 1 unspecified atom stereocenters. The van der Waals surface area contributed by atoms with Gasteiger partial charge in [-0.15, -0.1) is 0 Å². The van der Waals surface area contributed by atoms with Crippen molar-refractivity contribution >= 4 is 29.4 Å². The van der Waals surface area contributed by atoms with Crippen molar-refractivity contribution in [3.8, 4) is 0 Å². The number of anilines is 1. The van der Waals surface area contributed by atoms with Crippen LogP contribution in [0.25, 0.3) is 6.08 Å². The van der Waals surface area contributed by atoms with E-state index < -0.39 is 23.6 Å². The second kappa shape index (κ2) is 8.14. The van der Waals surface area contributed by atoms with Crippen LogP contribution in [0.5, 0.6) is 0 Å². The van der Waals surface area contributed by atoms with Crippen LogP contribution in [0.4, 0.5) is 18.9 Å². The molecule has 0 aromatic heterocycles. The summed E-state index contributed by atoms with van der Waals surface area (Å²) in [4.78, 5) is 24.5. The summed E-state index contributed by atoms with van der Waals surface area (Å²) in [5.74, 6) is -2.36. The molecule has 5 nitrogen and oxygen atoms in total. The third-order valence-corrected chi connectivity index (χ3v) is 4.83. The number of carboxylic acid groups (broad SMARTS) is 1. The van der Waals surface area contributed by atoms with E-state index in [1.54, 1.807) is 19.1 Å². The Balaban J connectivity index is 1.82. The van der Waals surface area contributed by atoms with Crippen LogP contribution in [0, 0.1) is 12.8 Å². The summed E-state index contributed by atoms with van der Waals surface area (Å²) in [7, 11) is 0. The summed E-state index contributed by atoms with van der Waals surface area (Å²) in [6.07, 6.45) is -3.31. The topological polar surface area (TPSA) is 70.0 Å². The van der Waals surface area contributed by atoms with Crippen molar-refractivity contribution in [3.05, 3.63) is 70.8 Å². The standard InChI is InChI=1S/C22H19F3N2O3/c1-13-3-9-18(10-4-13)27-20(28)19(14(2)26-27)12-16(21(29)30)11-15-5-7-17(8-6-15)22(23,24)25/h3-11,19H,12H2,1-2H3,(H,29,30)/b16-11-. The highest BCUT2D eigenvalue weighted by atomic mass is 19.4. The number of hydrazone groups is 1. The zero-order valence-electron chi connectivity index (χ0n) is 16.3. The average Bonchev–Trinajstić information content (AvgIpc) is 2.96. The number of aliphatic carboxylic acids is 1. The second-order valence-electron chi connectivity index (χ2n) is 7.08. The number of carboxylic acids is 1. The Labute approximate surface area is 171 Å². The minimum atomic E-state index is -4.47. The van der Waals surface area contributed by atoms with Crippen molar-refractivity contribution in [2.45, 2.75) is 26.4 Å². The normalized spacial score (nSPS) is 17.3. The van der Waals surface area contributed by atoms with Crippen molar-refractivity contribution in [3.63, 3.8) is 0 Å². The van der Waals surface area contributed by atoms with Crippen molar-refractivity contribution in [2.24, 2.45) is 11.0 Å². The number of halogens is 3. The molecule has 0 aliphatic carbocycles. The molecule has 1 heterocycles. The van der Waals surface area contributed by atoms with E-state index in [-0.39, 0.29) is 17.9 Å². The number of carbonyl (C=O) groups excluding carboxylic acids is 1. The molecular weight excluding hydrogens is 397 g/mol. The molecule has 1 aliphatic heterocycles. The zero-order valence-corrected chi connectivity index (χ0v) is 16.3. The molecule has 156 valence electrons. The van der Waals surface area contributed by atoms with Gasteiger partial charge in [-0.25, -0.2) is 9.80 Å². The Kier molecular flexibility index (Phi) is 5.78. The van der Waals surface area contributed by atoms with Gasteiger partial charge in [-0.1, -0.05) is 29.8 Å². The molecule has 2 aromatic carbocycles. The number of hydrogen-bond acceptors (Lipinski definition) is 3. The molecular formula is C22H19F3N2O3. The summed E-state index contributed by atoms with van der Waals surface area (Å²) >= 11 is 0. The Morgan fingerprint density at radius 2 is 1.70 bits per heavy atom. The first-order valence-electron chi connectivity index (χ1n) is 9.13. The third kappa shape index (κ3) is 4.59. The molecule has 1 N–H and O–H groups in total. The highest BCUT2D eigenvalue weighted by Crippen LogP contribution is 2.31. The molecule has 0 fully saturated rings. The largest absolute Gasteiger partial charge is 0.478 e. The number of benzene rings is 2.